The third-order valence-corrected chi connectivity index (χ3v) is 10.7. The fourth-order valence-electron chi connectivity index (χ4n) is 5.40. The monoisotopic (exact) mass is 725 g/mol. The Morgan fingerprint density at radius 1 is 1.02 bits per heavy atom. The van der Waals surface area contributed by atoms with Crippen LogP contribution in [0.4, 0.5) is 8.78 Å². The molecule has 0 N–H and O–H groups in total. The highest BCUT2D eigenvalue weighted by Gasteiger charge is 2.40. The van der Waals surface area contributed by atoms with Crippen molar-refractivity contribution >= 4 is 45.1 Å². The summed E-state index contributed by atoms with van der Waals surface area (Å²) in [4.78, 5) is 31.7. The number of carbonyl (C=O) groups is 2. The molecular formula is C33H35Cl2F2N3O7S. The summed E-state index contributed by atoms with van der Waals surface area (Å²) in [6.07, 6.45) is 4.82. The Morgan fingerprint density at radius 3 is 2.42 bits per heavy atom. The lowest BCUT2D eigenvalue weighted by Crippen LogP contribution is -2.48. The molecule has 1 amide bonds. The van der Waals surface area contributed by atoms with E-state index < -0.39 is 34.7 Å². The topological polar surface area (TPSA) is 115 Å². The quantitative estimate of drug-likeness (QED) is 0.182. The zero-order valence-corrected chi connectivity index (χ0v) is 28.6. The average Bonchev–Trinajstić information content (AvgIpc) is 3.89. The Hall–Kier alpha value is -3.52. The number of carbonyl (C=O) groups excluding carboxylic acids is 2. The molecule has 1 unspecified atom stereocenters. The third-order valence-electron chi connectivity index (χ3n) is 8.15. The maximum Gasteiger partial charge on any atom is 0.387 e. The molecule has 0 spiro atoms. The Bertz CT molecular complexity index is 1740. The standard InChI is InChI=1S/C33H35Cl2F2N3O7S/c1-39(2)31(41)22-6-5-7-23(14-22)48(43,44)40-13-4-3-8-27(40)32(42)46-29(16-24-25(34)17-38-18-26(24)35)21-11-12-28(47-33(36)37)30(15-21)45-19-20-9-10-20/h5-7,11-12,14-15,17-18,20,27,29,33H,3-4,8-10,13,16,19H2,1-2H3/t27?,29-/m0/s1. The summed E-state index contributed by atoms with van der Waals surface area (Å²) in [5.41, 5.74) is 0.956. The van der Waals surface area contributed by atoms with Crippen LogP contribution >= 0.6 is 23.2 Å². The Balaban J connectivity index is 1.47. The van der Waals surface area contributed by atoms with Gasteiger partial charge in [0, 0.05) is 45.0 Å². The smallest absolute Gasteiger partial charge is 0.387 e. The van der Waals surface area contributed by atoms with E-state index in [4.69, 9.17) is 32.7 Å². The molecule has 2 atom stereocenters. The summed E-state index contributed by atoms with van der Waals surface area (Å²) in [7, 11) is -1.12. The van der Waals surface area contributed by atoms with Crippen molar-refractivity contribution < 1.29 is 41.0 Å². The summed E-state index contributed by atoms with van der Waals surface area (Å²) in [5, 5.41) is 0.417. The molecule has 1 aliphatic heterocycles. The Kier molecular flexibility index (Phi) is 11.4. The van der Waals surface area contributed by atoms with Gasteiger partial charge in [0.2, 0.25) is 10.0 Å². The predicted molar refractivity (Wildman–Crippen MR) is 174 cm³/mol. The second kappa shape index (κ2) is 15.4. The van der Waals surface area contributed by atoms with Crippen LogP contribution in [0.5, 0.6) is 11.5 Å². The van der Waals surface area contributed by atoms with Crippen molar-refractivity contribution in [1.29, 1.82) is 0 Å². The molecule has 1 aromatic heterocycles. The Labute approximate surface area is 287 Å². The van der Waals surface area contributed by atoms with Crippen LogP contribution in [-0.4, -0.2) is 74.4 Å². The molecule has 0 bridgehead atoms. The molecule has 15 heteroatoms. The lowest BCUT2D eigenvalue weighted by molar-refractivity contribution is -0.155. The van der Waals surface area contributed by atoms with Crippen LogP contribution in [0, 0.1) is 5.92 Å². The van der Waals surface area contributed by atoms with E-state index in [1.807, 2.05) is 0 Å². The number of piperidine rings is 1. The van der Waals surface area contributed by atoms with Crippen molar-refractivity contribution in [3.8, 4) is 11.5 Å². The first kappa shape index (κ1) is 35.8. The number of hydrogen-bond acceptors (Lipinski definition) is 8. The Morgan fingerprint density at radius 2 is 1.75 bits per heavy atom. The van der Waals surface area contributed by atoms with Gasteiger partial charge in [-0.15, -0.1) is 0 Å². The lowest BCUT2D eigenvalue weighted by Gasteiger charge is -2.34. The van der Waals surface area contributed by atoms with Crippen LogP contribution in [0.1, 0.15) is 59.7 Å². The molecule has 0 radical (unpaired) electrons. The molecular weight excluding hydrogens is 691 g/mol. The van der Waals surface area contributed by atoms with Crippen molar-refractivity contribution in [1.82, 2.24) is 14.2 Å². The number of halogens is 4. The zero-order valence-electron chi connectivity index (χ0n) is 26.3. The van der Waals surface area contributed by atoms with E-state index in [-0.39, 0.29) is 57.3 Å². The molecule has 2 heterocycles. The van der Waals surface area contributed by atoms with Gasteiger partial charge < -0.3 is 19.1 Å². The van der Waals surface area contributed by atoms with Gasteiger partial charge in [-0.3, -0.25) is 14.6 Å². The van der Waals surface area contributed by atoms with E-state index in [1.165, 1.54) is 59.8 Å². The molecule has 48 heavy (non-hydrogen) atoms. The van der Waals surface area contributed by atoms with Crippen LogP contribution in [-0.2, 0) is 26.0 Å². The fraction of sp³-hybridized carbons (Fsp3) is 0.424. The number of rotatable bonds is 13. The van der Waals surface area contributed by atoms with Gasteiger partial charge in [-0.2, -0.15) is 13.1 Å². The highest BCUT2D eigenvalue weighted by Crippen LogP contribution is 2.38. The number of benzene rings is 2. The van der Waals surface area contributed by atoms with Crippen LogP contribution in [0.15, 0.2) is 59.8 Å². The lowest BCUT2D eigenvalue weighted by atomic mass is 10.0. The molecule has 1 saturated carbocycles. The highest BCUT2D eigenvalue weighted by molar-refractivity contribution is 7.89. The van der Waals surface area contributed by atoms with Crippen molar-refractivity contribution in [2.24, 2.45) is 5.92 Å². The minimum absolute atomic E-state index is 0.0432. The van der Waals surface area contributed by atoms with Crippen molar-refractivity contribution in [2.75, 3.05) is 27.2 Å². The minimum atomic E-state index is -4.24. The largest absolute Gasteiger partial charge is 0.489 e. The molecule has 2 fully saturated rings. The predicted octanol–water partition coefficient (Wildman–Crippen LogP) is 6.55. The van der Waals surface area contributed by atoms with Gasteiger partial charge in [-0.25, -0.2) is 8.42 Å². The van der Waals surface area contributed by atoms with Crippen molar-refractivity contribution in [3.63, 3.8) is 0 Å². The van der Waals surface area contributed by atoms with E-state index in [1.54, 1.807) is 14.1 Å². The number of hydrogen-bond donors (Lipinski definition) is 0. The number of alkyl halides is 2. The van der Waals surface area contributed by atoms with Gasteiger partial charge in [0.05, 0.1) is 21.5 Å². The normalized spacial score (nSPS) is 17.5. The van der Waals surface area contributed by atoms with Crippen LogP contribution in [0.2, 0.25) is 10.0 Å². The second-order valence-electron chi connectivity index (χ2n) is 11.9. The maximum absolute atomic E-state index is 14.0. The first-order valence-corrected chi connectivity index (χ1v) is 17.6. The highest BCUT2D eigenvalue weighted by atomic mass is 35.5. The minimum Gasteiger partial charge on any atom is -0.489 e. The van der Waals surface area contributed by atoms with Gasteiger partial charge >= 0.3 is 12.6 Å². The van der Waals surface area contributed by atoms with Crippen LogP contribution in [0.3, 0.4) is 0 Å². The first-order valence-electron chi connectivity index (χ1n) is 15.4. The van der Waals surface area contributed by atoms with Crippen molar-refractivity contribution in [3.05, 3.63) is 81.6 Å². The number of pyridine rings is 1. The molecule has 2 aromatic carbocycles. The number of sulfonamides is 1. The number of nitrogens with zero attached hydrogens (tertiary/aromatic N) is 3. The number of esters is 1. The van der Waals surface area contributed by atoms with E-state index in [2.05, 4.69) is 9.72 Å². The van der Waals surface area contributed by atoms with Gasteiger partial charge in [-0.1, -0.05) is 35.3 Å². The molecule has 1 saturated heterocycles. The number of ether oxygens (including phenoxy) is 3. The van der Waals surface area contributed by atoms with Crippen LogP contribution < -0.4 is 9.47 Å². The molecule has 10 nitrogen and oxygen atoms in total. The second-order valence-corrected chi connectivity index (χ2v) is 14.6. The molecule has 258 valence electrons. The zero-order chi connectivity index (χ0) is 34.6. The van der Waals surface area contributed by atoms with Crippen molar-refractivity contribution in [2.45, 2.75) is 62.2 Å². The van der Waals surface area contributed by atoms with Gasteiger partial charge in [0.15, 0.2) is 11.5 Å². The third kappa shape index (κ3) is 8.55. The summed E-state index contributed by atoms with van der Waals surface area (Å²) in [6, 6.07) is 8.70. The van der Waals surface area contributed by atoms with E-state index in [0.717, 1.165) is 17.1 Å². The van der Waals surface area contributed by atoms with Gasteiger partial charge in [-0.05, 0) is 79.5 Å². The number of amides is 1. The summed E-state index contributed by atoms with van der Waals surface area (Å²) < 4.78 is 72.0. The number of aromatic nitrogens is 1. The van der Waals surface area contributed by atoms with E-state index in [9.17, 15) is 26.8 Å². The SMILES string of the molecule is CN(C)C(=O)c1cccc(S(=O)(=O)N2CCCCC2C(=O)O[C@@H](Cc2c(Cl)cncc2Cl)c2ccc(OC(F)F)c(OCC3CC3)c2)c1. The molecule has 1 aliphatic carbocycles. The van der Waals surface area contributed by atoms with Crippen LogP contribution in [0.25, 0.3) is 0 Å². The molecule has 2 aliphatic rings. The van der Waals surface area contributed by atoms with E-state index >= 15 is 0 Å². The summed E-state index contributed by atoms with van der Waals surface area (Å²) in [5.74, 6) is -1.03. The first-order chi connectivity index (χ1) is 22.8. The maximum atomic E-state index is 14.0. The fourth-order valence-corrected chi connectivity index (χ4v) is 7.61. The molecule has 5 rings (SSSR count). The summed E-state index contributed by atoms with van der Waals surface area (Å²) in [6.45, 7) is -2.74. The average molecular weight is 727 g/mol. The summed E-state index contributed by atoms with van der Waals surface area (Å²) >= 11 is 12.9. The molecule has 3 aromatic rings. The van der Waals surface area contributed by atoms with Gasteiger partial charge in [0.1, 0.15) is 12.1 Å². The van der Waals surface area contributed by atoms with E-state index in [0.29, 0.717) is 36.5 Å². The van der Waals surface area contributed by atoms with Gasteiger partial charge in [0.25, 0.3) is 5.91 Å².